The molecular weight excluding hydrogens is 304 g/mol. The molecule has 1 fully saturated rings. The highest BCUT2D eigenvalue weighted by Gasteiger charge is 2.30. The van der Waals surface area contributed by atoms with Gasteiger partial charge in [0.15, 0.2) is 17.2 Å². The van der Waals surface area contributed by atoms with Crippen LogP contribution in [0, 0.1) is 16.0 Å². The van der Waals surface area contributed by atoms with Crippen LogP contribution in [-0.2, 0) is 9.53 Å². The second-order valence-corrected chi connectivity index (χ2v) is 5.69. The van der Waals surface area contributed by atoms with E-state index < -0.39 is 16.4 Å². The third-order valence-electron chi connectivity index (χ3n) is 4.31. The third kappa shape index (κ3) is 2.84. The van der Waals surface area contributed by atoms with Gasteiger partial charge in [0.1, 0.15) is 5.52 Å². The standard InChI is InChI=1S/C15H16N2O6/c1-22-15(19)9-4-2-8(3-5-9)14-16-10-6-12(18)11(17(20)21)7-13(10)23-14/h6-9,18H,2-5H2,1H3. The van der Waals surface area contributed by atoms with Crippen molar-refractivity contribution in [1.82, 2.24) is 4.98 Å². The van der Waals surface area contributed by atoms with E-state index in [4.69, 9.17) is 9.15 Å². The lowest BCUT2D eigenvalue weighted by molar-refractivity contribution is -0.385. The van der Waals surface area contributed by atoms with Crippen LogP contribution in [-0.4, -0.2) is 28.1 Å². The summed E-state index contributed by atoms with van der Waals surface area (Å²) in [5, 5.41) is 20.5. The molecule has 1 N–H and O–H groups in total. The van der Waals surface area contributed by atoms with Crippen molar-refractivity contribution < 1.29 is 24.0 Å². The fourth-order valence-corrected chi connectivity index (χ4v) is 3.03. The number of fused-ring (bicyclic) bond motifs is 1. The quantitative estimate of drug-likeness (QED) is 0.525. The molecule has 23 heavy (non-hydrogen) atoms. The Bertz CT molecular complexity index is 761. The average molecular weight is 320 g/mol. The molecule has 8 nitrogen and oxygen atoms in total. The van der Waals surface area contributed by atoms with Crippen molar-refractivity contribution in [1.29, 1.82) is 0 Å². The van der Waals surface area contributed by atoms with Crippen LogP contribution in [0.3, 0.4) is 0 Å². The molecule has 1 heterocycles. The van der Waals surface area contributed by atoms with Gasteiger partial charge < -0.3 is 14.3 Å². The molecule has 0 bridgehead atoms. The van der Waals surface area contributed by atoms with Crippen molar-refractivity contribution >= 4 is 22.8 Å². The molecule has 0 amide bonds. The second-order valence-electron chi connectivity index (χ2n) is 5.69. The molecule has 3 rings (SSSR count). The normalized spacial score (nSPS) is 21.3. The maximum absolute atomic E-state index is 11.5. The maximum Gasteiger partial charge on any atom is 0.314 e. The number of methoxy groups -OCH3 is 1. The minimum Gasteiger partial charge on any atom is -0.502 e. The van der Waals surface area contributed by atoms with Gasteiger partial charge in [0.25, 0.3) is 0 Å². The molecule has 2 aromatic rings. The van der Waals surface area contributed by atoms with E-state index in [1.165, 1.54) is 19.2 Å². The summed E-state index contributed by atoms with van der Waals surface area (Å²) in [5.74, 6) is -0.170. The lowest BCUT2D eigenvalue weighted by atomic mass is 9.82. The first-order valence-electron chi connectivity index (χ1n) is 7.35. The average Bonchev–Trinajstić information content (AvgIpc) is 2.96. The van der Waals surface area contributed by atoms with Gasteiger partial charge in [-0.25, -0.2) is 4.98 Å². The van der Waals surface area contributed by atoms with Crippen molar-refractivity contribution in [2.75, 3.05) is 7.11 Å². The summed E-state index contributed by atoms with van der Waals surface area (Å²) in [6.45, 7) is 0. The number of esters is 1. The lowest BCUT2D eigenvalue weighted by Gasteiger charge is -2.24. The van der Waals surface area contributed by atoms with Gasteiger partial charge in [0.05, 0.1) is 24.0 Å². The van der Waals surface area contributed by atoms with Crippen LogP contribution in [0.4, 0.5) is 5.69 Å². The van der Waals surface area contributed by atoms with Crippen LogP contribution in [0.1, 0.15) is 37.5 Å². The molecule has 1 aliphatic rings. The SMILES string of the molecule is COC(=O)C1CCC(c2nc3cc(O)c([N+](=O)[O-])cc3o2)CC1. The number of oxazole rings is 1. The number of nitrogens with zero attached hydrogens (tertiary/aromatic N) is 2. The van der Waals surface area contributed by atoms with Gasteiger partial charge in [-0.2, -0.15) is 0 Å². The van der Waals surface area contributed by atoms with Crippen molar-refractivity contribution in [2.24, 2.45) is 5.92 Å². The zero-order chi connectivity index (χ0) is 16.6. The van der Waals surface area contributed by atoms with Gasteiger partial charge >= 0.3 is 11.7 Å². The summed E-state index contributed by atoms with van der Waals surface area (Å²) in [5.41, 5.74) is 0.257. The maximum atomic E-state index is 11.5. The fraction of sp³-hybridized carbons (Fsp3) is 0.467. The van der Waals surface area contributed by atoms with Gasteiger partial charge in [0.2, 0.25) is 0 Å². The van der Waals surface area contributed by atoms with Gasteiger partial charge in [-0.3, -0.25) is 14.9 Å². The largest absolute Gasteiger partial charge is 0.502 e. The van der Waals surface area contributed by atoms with E-state index in [-0.39, 0.29) is 23.4 Å². The molecule has 122 valence electrons. The Hall–Kier alpha value is -2.64. The highest BCUT2D eigenvalue weighted by molar-refractivity contribution is 5.79. The molecule has 1 aromatic heterocycles. The number of phenolic OH excluding ortho intramolecular Hbond substituents is 1. The third-order valence-corrected chi connectivity index (χ3v) is 4.31. The van der Waals surface area contributed by atoms with Crippen LogP contribution >= 0.6 is 0 Å². The Balaban J connectivity index is 1.82. The Morgan fingerprint density at radius 2 is 2.09 bits per heavy atom. The smallest absolute Gasteiger partial charge is 0.314 e. The first-order chi connectivity index (χ1) is 11.0. The summed E-state index contributed by atoms with van der Waals surface area (Å²) >= 11 is 0. The number of aromatic hydroxyl groups is 1. The zero-order valence-electron chi connectivity index (χ0n) is 12.5. The predicted molar refractivity (Wildman–Crippen MR) is 79.0 cm³/mol. The zero-order valence-corrected chi connectivity index (χ0v) is 12.5. The van der Waals surface area contributed by atoms with Crippen LogP contribution in [0.2, 0.25) is 0 Å². The highest BCUT2D eigenvalue weighted by atomic mass is 16.6. The van der Waals surface area contributed by atoms with Crippen molar-refractivity contribution in [2.45, 2.75) is 31.6 Å². The highest BCUT2D eigenvalue weighted by Crippen LogP contribution is 2.38. The summed E-state index contributed by atoms with van der Waals surface area (Å²) < 4.78 is 10.4. The summed E-state index contributed by atoms with van der Waals surface area (Å²) in [6, 6.07) is 2.42. The van der Waals surface area contributed by atoms with Crippen molar-refractivity contribution in [3.63, 3.8) is 0 Å². The van der Waals surface area contributed by atoms with E-state index in [2.05, 4.69) is 4.98 Å². The first kappa shape index (κ1) is 15.3. The number of hydrogen-bond donors (Lipinski definition) is 1. The number of aromatic nitrogens is 1. The monoisotopic (exact) mass is 320 g/mol. The van der Waals surface area contributed by atoms with Crippen LogP contribution in [0.25, 0.3) is 11.1 Å². The van der Waals surface area contributed by atoms with Gasteiger partial charge in [0, 0.05) is 12.0 Å². The molecule has 0 radical (unpaired) electrons. The fourth-order valence-electron chi connectivity index (χ4n) is 3.03. The van der Waals surface area contributed by atoms with Gasteiger partial charge in [-0.15, -0.1) is 0 Å². The van der Waals surface area contributed by atoms with E-state index >= 15 is 0 Å². The molecule has 1 saturated carbocycles. The Morgan fingerprint density at radius 1 is 1.39 bits per heavy atom. The predicted octanol–water partition coefficient (Wildman–Crippen LogP) is 2.89. The second kappa shape index (κ2) is 5.86. The van der Waals surface area contributed by atoms with Crippen LogP contribution < -0.4 is 0 Å². The van der Waals surface area contributed by atoms with Gasteiger partial charge in [-0.05, 0) is 25.7 Å². The Kier molecular flexibility index (Phi) is 3.89. The lowest BCUT2D eigenvalue weighted by Crippen LogP contribution is -2.22. The number of nitro groups is 1. The number of benzene rings is 1. The van der Waals surface area contributed by atoms with E-state index in [1.54, 1.807) is 0 Å². The number of ether oxygens (including phenoxy) is 1. The summed E-state index contributed by atoms with van der Waals surface area (Å²) in [7, 11) is 1.38. The first-order valence-corrected chi connectivity index (χ1v) is 7.35. The molecule has 0 atom stereocenters. The van der Waals surface area contributed by atoms with Crippen molar-refractivity contribution in [3.8, 4) is 5.75 Å². The van der Waals surface area contributed by atoms with E-state index in [0.29, 0.717) is 24.2 Å². The van der Waals surface area contributed by atoms with Gasteiger partial charge in [-0.1, -0.05) is 0 Å². The topological polar surface area (TPSA) is 116 Å². The summed E-state index contributed by atoms with van der Waals surface area (Å²) in [6.07, 6.45) is 2.87. The van der Waals surface area contributed by atoms with E-state index in [9.17, 15) is 20.0 Å². The molecule has 0 unspecified atom stereocenters. The van der Waals surface area contributed by atoms with E-state index in [1.807, 2.05) is 0 Å². The number of hydrogen-bond acceptors (Lipinski definition) is 7. The number of nitro benzene ring substituents is 1. The Labute approximate surface area is 131 Å². The molecule has 1 aliphatic carbocycles. The minimum atomic E-state index is -0.668. The van der Waals surface area contributed by atoms with Crippen molar-refractivity contribution in [3.05, 3.63) is 28.1 Å². The molecule has 1 aromatic carbocycles. The van der Waals surface area contributed by atoms with Crippen LogP contribution in [0.5, 0.6) is 5.75 Å². The van der Waals surface area contributed by atoms with Crippen LogP contribution in [0.15, 0.2) is 16.5 Å². The number of rotatable bonds is 3. The minimum absolute atomic E-state index is 0.0597. The molecular formula is C15H16N2O6. The Morgan fingerprint density at radius 3 is 2.70 bits per heavy atom. The molecule has 8 heteroatoms. The summed E-state index contributed by atoms with van der Waals surface area (Å²) in [4.78, 5) is 26.0. The molecule has 0 spiro atoms. The molecule has 0 saturated heterocycles. The van der Waals surface area contributed by atoms with E-state index in [0.717, 1.165) is 12.8 Å². The number of carbonyl (C=O) groups is 1. The number of carbonyl (C=O) groups excluding carboxylic acids is 1. The molecule has 0 aliphatic heterocycles. The number of phenols is 1.